The number of aliphatic hydroxyl groups is 1. The summed E-state index contributed by atoms with van der Waals surface area (Å²) in [5.74, 6) is -0.172. The summed E-state index contributed by atoms with van der Waals surface area (Å²) in [7, 11) is -3.53. The van der Waals surface area contributed by atoms with Crippen molar-refractivity contribution in [3.8, 4) is 6.07 Å². The van der Waals surface area contributed by atoms with Crippen molar-refractivity contribution < 1.29 is 13.5 Å². The summed E-state index contributed by atoms with van der Waals surface area (Å²) < 4.78 is 26.5. The monoisotopic (exact) mass is 282 g/mol. The Hall–Kier alpha value is -1.42. The predicted octanol–water partition coefficient (Wildman–Crippen LogP) is 1.14. The molecule has 0 spiro atoms. The number of aliphatic hydroxyl groups excluding tert-OH is 1. The summed E-state index contributed by atoms with van der Waals surface area (Å²) in [6.07, 6.45) is 0.496. The molecule has 104 valence electrons. The molecule has 0 saturated carbocycles. The number of nitrogens with zero attached hydrogens (tertiary/aromatic N) is 1. The Morgan fingerprint density at radius 3 is 2.37 bits per heavy atom. The minimum atomic E-state index is -3.53. The van der Waals surface area contributed by atoms with Crippen molar-refractivity contribution in [1.29, 1.82) is 5.26 Å². The van der Waals surface area contributed by atoms with Crippen LogP contribution < -0.4 is 4.72 Å². The van der Waals surface area contributed by atoms with Crippen LogP contribution in [-0.4, -0.2) is 25.7 Å². The third-order valence-corrected chi connectivity index (χ3v) is 4.49. The Labute approximate surface area is 113 Å². The van der Waals surface area contributed by atoms with E-state index in [0.29, 0.717) is 17.5 Å². The Morgan fingerprint density at radius 1 is 1.37 bits per heavy atom. The van der Waals surface area contributed by atoms with Gasteiger partial charge < -0.3 is 5.11 Å². The summed E-state index contributed by atoms with van der Waals surface area (Å²) >= 11 is 0. The van der Waals surface area contributed by atoms with Crippen molar-refractivity contribution in [3.05, 3.63) is 35.4 Å². The molecule has 6 heteroatoms. The van der Waals surface area contributed by atoms with Crippen LogP contribution in [-0.2, 0) is 15.8 Å². The topological polar surface area (TPSA) is 90.2 Å². The van der Waals surface area contributed by atoms with E-state index in [9.17, 15) is 13.5 Å². The maximum atomic E-state index is 12.0. The second-order valence-electron chi connectivity index (χ2n) is 4.74. The highest BCUT2D eigenvalue weighted by molar-refractivity contribution is 7.88. The first-order valence-electron chi connectivity index (χ1n) is 5.96. The first-order valence-corrected chi connectivity index (χ1v) is 7.61. The van der Waals surface area contributed by atoms with Crippen LogP contribution >= 0.6 is 0 Å². The molecule has 19 heavy (non-hydrogen) atoms. The summed E-state index contributed by atoms with van der Waals surface area (Å²) in [6.45, 7) is 3.21. The lowest BCUT2D eigenvalue weighted by molar-refractivity contribution is 0.191. The summed E-state index contributed by atoms with van der Waals surface area (Å²) in [5, 5.41) is 17.9. The van der Waals surface area contributed by atoms with Crippen LogP contribution in [0.15, 0.2) is 24.3 Å². The van der Waals surface area contributed by atoms with Crippen LogP contribution in [0.1, 0.15) is 31.4 Å². The zero-order valence-corrected chi connectivity index (χ0v) is 11.9. The lowest BCUT2D eigenvalue weighted by Crippen LogP contribution is -2.48. The molecule has 0 heterocycles. The van der Waals surface area contributed by atoms with E-state index < -0.39 is 15.6 Å². The van der Waals surface area contributed by atoms with Crippen LogP contribution in [0.5, 0.6) is 0 Å². The van der Waals surface area contributed by atoms with E-state index in [4.69, 9.17) is 5.26 Å². The average molecular weight is 282 g/mol. The lowest BCUT2D eigenvalue weighted by Gasteiger charge is -2.26. The summed E-state index contributed by atoms with van der Waals surface area (Å²) in [4.78, 5) is 0. The van der Waals surface area contributed by atoms with Crippen LogP contribution in [0.2, 0.25) is 0 Å². The van der Waals surface area contributed by atoms with Gasteiger partial charge in [-0.15, -0.1) is 0 Å². The van der Waals surface area contributed by atoms with Gasteiger partial charge in [-0.3, -0.25) is 0 Å². The van der Waals surface area contributed by atoms with Crippen molar-refractivity contribution in [2.24, 2.45) is 0 Å². The van der Waals surface area contributed by atoms with Gasteiger partial charge in [0.2, 0.25) is 10.0 Å². The van der Waals surface area contributed by atoms with E-state index in [2.05, 4.69) is 4.72 Å². The zero-order valence-electron chi connectivity index (χ0n) is 11.0. The van der Waals surface area contributed by atoms with E-state index >= 15 is 0 Å². The van der Waals surface area contributed by atoms with Crippen molar-refractivity contribution in [3.63, 3.8) is 0 Å². The van der Waals surface area contributed by atoms with E-state index in [0.717, 1.165) is 0 Å². The van der Waals surface area contributed by atoms with Crippen LogP contribution in [0.3, 0.4) is 0 Å². The quantitative estimate of drug-likeness (QED) is 0.818. The number of rotatable bonds is 6. The molecular formula is C13H18N2O3S. The normalized spacial score (nSPS) is 14.6. The highest BCUT2D eigenvalue weighted by Gasteiger charge is 2.27. The molecule has 1 rings (SSSR count). The van der Waals surface area contributed by atoms with Gasteiger partial charge in [0, 0.05) is 0 Å². The molecule has 0 bridgehead atoms. The van der Waals surface area contributed by atoms with E-state index in [1.165, 1.54) is 0 Å². The van der Waals surface area contributed by atoms with Crippen molar-refractivity contribution >= 4 is 10.0 Å². The number of nitrogens with one attached hydrogen (secondary N) is 1. The van der Waals surface area contributed by atoms with Crippen molar-refractivity contribution in [2.75, 3.05) is 6.61 Å². The van der Waals surface area contributed by atoms with Gasteiger partial charge in [0.1, 0.15) is 0 Å². The Morgan fingerprint density at radius 2 is 1.95 bits per heavy atom. The van der Waals surface area contributed by atoms with Gasteiger partial charge in [-0.1, -0.05) is 19.1 Å². The molecule has 1 unspecified atom stereocenters. The number of hydrogen-bond donors (Lipinski definition) is 2. The Bertz CT molecular complexity index is 555. The molecule has 0 aliphatic carbocycles. The number of benzene rings is 1. The molecule has 1 aromatic rings. The third kappa shape index (κ3) is 4.63. The lowest BCUT2D eigenvalue weighted by atomic mass is 10.0. The molecule has 0 fully saturated rings. The molecule has 1 atom stereocenters. The molecular weight excluding hydrogens is 264 g/mol. The van der Waals surface area contributed by atoms with E-state index in [1.807, 2.05) is 6.07 Å². The largest absolute Gasteiger partial charge is 0.394 e. The summed E-state index contributed by atoms with van der Waals surface area (Å²) in [6, 6.07) is 8.36. The first kappa shape index (κ1) is 15.6. The number of sulfonamides is 1. The molecule has 0 saturated heterocycles. The fourth-order valence-electron chi connectivity index (χ4n) is 1.52. The molecule has 0 aromatic heterocycles. The van der Waals surface area contributed by atoms with Gasteiger partial charge in [-0.05, 0) is 31.0 Å². The van der Waals surface area contributed by atoms with E-state index in [-0.39, 0.29) is 12.4 Å². The predicted molar refractivity (Wildman–Crippen MR) is 72.7 cm³/mol. The number of hydrogen-bond acceptors (Lipinski definition) is 4. The molecule has 0 amide bonds. The minimum absolute atomic E-state index is 0.172. The number of nitriles is 1. The molecule has 0 radical (unpaired) electrons. The fourth-order valence-corrected chi connectivity index (χ4v) is 3.19. The van der Waals surface area contributed by atoms with Crippen LogP contribution in [0.25, 0.3) is 0 Å². The molecule has 0 aliphatic heterocycles. The van der Waals surface area contributed by atoms with Crippen LogP contribution in [0.4, 0.5) is 0 Å². The second kappa shape index (κ2) is 6.15. The first-order chi connectivity index (χ1) is 8.84. The SMILES string of the molecule is CCC(C)(CO)NS(=O)(=O)Cc1ccc(C#N)cc1. The van der Waals surface area contributed by atoms with Gasteiger partial charge >= 0.3 is 0 Å². The van der Waals surface area contributed by atoms with Gasteiger partial charge in [-0.25, -0.2) is 13.1 Å². The smallest absolute Gasteiger partial charge is 0.216 e. The van der Waals surface area contributed by atoms with Gasteiger partial charge in [0.15, 0.2) is 0 Å². The van der Waals surface area contributed by atoms with Gasteiger partial charge in [0.25, 0.3) is 0 Å². The highest BCUT2D eigenvalue weighted by Crippen LogP contribution is 2.13. The van der Waals surface area contributed by atoms with E-state index in [1.54, 1.807) is 38.1 Å². The Balaban J connectivity index is 2.82. The molecule has 2 N–H and O–H groups in total. The second-order valence-corrected chi connectivity index (χ2v) is 6.46. The average Bonchev–Trinajstić information content (AvgIpc) is 2.38. The third-order valence-electron chi connectivity index (χ3n) is 2.97. The van der Waals surface area contributed by atoms with Gasteiger partial charge in [0.05, 0.1) is 29.5 Å². The standard InChI is InChI=1S/C13H18N2O3S/c1-3-13(2,10-16)15-19(17,18)9-12-6-4-11(8-14)5-7-12/h4-7,15-16H,3,9-10H2,1-2H3. The molecule has 5 nitrogen and oxygen atoms in total. The maximum absolute atomic E-state index is 12.0. The van der Waals surface area contributed by atoms with Crippen molar-refractivity contribution in [2.45, 2.75) is 31.6 Å². The zero-order chi connectivity index (χ0) is 14.5. The highest BCUT2D eigenvalue weighted by atomic mass is 32.2. The fraction of sp³-hybridized carbons (Fsp3) is 0.462. The molecule has 1 aromatic carbocycles. The summed E-state index contributed by atoms with van der Waals surface area (Å²) in [5.41, 5.74) is 0.247. The maximum Gasteiger partial charge on any atom is 0.216 e. The molecule has 0 aliphatic rings. The Kier molecular flexibility index (Phi) is 5.06. The van der Waals surface area contributed by atoms with Crippen LogP contribution in [0, 0.1) is 11.3 Å². The van der Waals surface area contributed by atoms with Crippen molar-refractivity contribution in [1.82, 2.24) is 4.72 Å². The minimum Gasteiger partial charge on any atom is -0.394 e. The van der Waals surface area contributed by atoms with Gasteiger partial charge in [-0.2, -0.15) is 5.26 Å².